The molecular weight excluding hydrogens is 466 g/mol. The van der Waals surface area contributed by atoms with Crippen molar-refractivity contribution in [2.45, 2.75) is 70.4 Å². The second-order valence-electron chi connectivity index (χ2n) is 11.5. The van der Waals surface area contributed by atoms with Gasteiger partial charge < -0.3 is 20.1 Å². The lowest BCUT2D eigenvalue weighted by Gasteiger charge is -2.42. The molecule has 196 valence electrons. The molecule has 1 aromatic carbocycles. The number of aromatic nitrogens is 2. The van der Waals surface area contributed by atoms with Gasteiger partial charge in [0.15, 0.2) is 11.5 Å². The molecule has 2 fully saturated rings. The fourth-order valence-electron chi connectivity index (χ4n) is 5.88. The number of morpholine rings is 1. The molecule has 1 aliphatic heterocycles. The number of nitrogens with one attached hydrogen (secondary N) is 2. The van der Waals surface area contributed by atoms with Crippen molar-refractivity contribution in [1.82, 2.24) is 14.9 Å². The number of aromatic amines is 1. The topological polar surface area (TPSA) is 114 Å². The molecule has 8 nitrogen and oxygen atoms in total. The van der Waals surface area contributed by atoms with Crippen molar-refractivity contribution in [3.63, 3.8) is 0 Å². The molecule has 0 radical (unpaired) electrons. The average molecular weight is 504 g/mol. The van der Waals surface area contributed by atoms with Crippen molar-refractivity contribution < 1.29 is 14.6 Å². The molecule has 1 saturated heterocycles. The van der Waals surface area contributed by atoms with Gasteiger partial charge in [0.2, 0.25) is 0 Å². The first-order chi connectivity index (χ1) is 17.8. The Kier molecular flexibility index (Phi) is 7.21. The van der Waals surface area contributed by atoms with Gasteiger partial charge in [-0.3, -0.25) is 9.69 Å². The van der Waals surface area contributed by atoms with E-state index in [0.29, 0.717) is 11.7 Å². The summed E-state index contributed by atoms with van der Waals surface area (Å²) in [6.07, 6.45) is 10.00. The Balaban J connectivity index is 1.40. The van der Waals surface area contributed by atoms with E-state index in [1.54, 1.807) is 0 Å². The van der Waals surface area contributed by atoms with Crippen LogP contribution < -0.4 is 5.32 Å². The zero-order valence-corrected chi connectivity index (χ0v) is 21.8. The van der Waals surface area contributed by atoms with Gasteiger partial charge in [-0.1, -0.05) is 26.0 Å². The Hall–Kier alpha value is -2.99. The Morgan fingerprint density at radius 3 is 2.65 bits per heavy atom. The highest BCUT2D eigenvalue weighted by Gasteiger charge is 2.37. The second kappa shape index (κ2) is 10.4. The van der Waals surface area contributed by atoms with Crippen LogP contribution in [-0.2, 0) is 10.3 Å². The number of nitrogens with zero attached hydrogens (tertiary/aromatic N) is 3. The number of amides is 1. The number of benzene rings is 1. The van der Waals surface area contributed by atoms with Crippen molar-refractivity contribution in [2.24, 2.45) is 5.41 Å². The summed E-state index contributed by atoms with van der Waals surface area (Å²) in [5.74, 6) is -0.289. The monoisotopic (exact) mass is 503 g/mol. The first-order valence-electron chi connectivity index (χ1n) is 13.4. The summed E-state index contributed by atoms with van der Waals surface area (Å²) in [7, 11) is 0. The molecule has 1 amide bonds. The third-order valence-corrected chi connectivity index (χ3v) is 8.38. The summed E-state index contributed by atoms with van der Waals surface area (Å²) in [5.41, 5.74) is 3.31. The molecule has 0 atom stereocenters. The van der Waals surface area contributed by atoms with Crippen LogP contribution in [0.4, 0.5) is 5.69 Å². The number of anilines is 1. The van der Waals surface area contributed by atoms with Crippen LogP contribution in [0.25, 0.3) is 5.57 Å². The zero-order valence-electron chi connectivity index (χ0n) is 21.8. The average Bonchev–Trinajstić information content (AvgIpc) is 3.40. The number of carbonyl (C=O) groups is 1. The highest BCUT2D eigenvalue weighted by molar-refractivity contribution is 6.03. The maximum Gasteiger partial charge on any atom is 0.291 e. The number of carbonyl (C=O) groups excluding carboxylic acids is 1. The lowest BCUT2D eigenvalue weighted by Crippen LogP contribution is -2.47. The fraction of sp³-hybridized carbons (Fsp3) is 0.552. The van der Waals surface area contributed by atoms with Crippen LogP contribution in [0.1, 0.15) is 86.2 Å². The smallest absolute Gasteiger partial charge is 0.291 e. The van der Waals surface area contributed by atoms with Gasteiger partial charge in [-0.05, 0) is 73.6 Å². The van der Waals surface area contributed by atoms with Crippen molar-refractivity contribution in [3.8, 4) is 6.07 Å². The molecule has 3 aliphatic rings. The van der Waals surface area contributed by atoms with E-state index in [0.717, 1.165) is 82.4 Å². The number of nitriles is 1. The van der Waals surface area contributed by atoms with E-state index in [4.69, 9.17) is 10.00 Å². The predicted octanol–water partition coefficient (Wildman–Crippen LogP) is 4.59. The quantitative estimate of drug-likeness (QED) is 0.550. The van der Waals surface area contributed by atoms with Crippen LogP contribution in [0.5, 0.6) is 0 Å². The van der Waals surface area contributed by atoms with Gasteiger partial charge in [-0.25, -0.2) is 4.98 Å². The SMILES string of the molecule is CC1(C)CC=C(c2cc([C@]3(O)CC[C@H](N4CCOCC4)CC3)ccc2NC(=O)c2nc(C#N)c[nH]2)CC1. The molecule has 2 aliphatic carbocycles. The Bertz CT molecular complexity index is 1210. The van der Waals surface area contributed by atoms with Gasteiger partial charge >= 0.3 is 0 Å². The number of rotatable bonds is 5. The summed E-state index contributed by atoms with van der Waals surface area (Å²) in [6, 6.07) is 8.37. The fourth-order valence-corrected chi connectivity index (χ4v) is 5.88. The van der Waals surface area contributed by atoms with Gasteiger partial charge in [-0.15, -0.1) is 0 Å². The molecule has 0 spiro atoms. The number of ether oxygens (including phenoxy) is 1. The minimum atomic E-state index is -0.878. The van der Waals surface area contributed by atoms with Gasteiger partial charge in [0.25, 0.3) is 5.91 Å². The van der Waals surface area contributed by atoms with E-state index >= 15 is 0 Å². The normalized spacial score (nSPS) is 26.2. The summed E-state index contributed by atoms with van der Waals surface area (Å²) in [6.45, 7) is 8.07. The van der Waals surface area contributed by atoms with Gasteiger partial charge in [0.1, 0.15) is 6.07 Å². The highest BCUT2D eigenvalue weighted by atomic mass is 16.5. The lowest BCUT2D eigenvalue weighted by atomic mass is 9.74. The van der Waals surface area contributed by atoms with E-state index in [-0.39, 0.29) is 16.9 Å². The number of imidazole rings is 1. The molecule has 8 heteroatoms. The number of aliphatic hydroxyl groups is 1. The summed E-state index contributed by atoms with van der Waals surface area (Å²) >= 11 is 0. The van der Waals surface area contributed by atoms with Crippen LogP contribution >= 0.6 is 0 Å². The molecule has 37 heavy (non-hydrogen) atoms. The molecular formula is C29H37N5O3. The molecule has 2 heterocycles. The molecule has 0 unspecified atom stereocenters. The first kappa shape index (κ1) is 25.7. The number of allylic oxidation sites excluding steroid dienone is 2. The Labute approximate surface area is 218 Å². The summed E-state index contributed by atoms with van der Waals surface area (Å²) in [4.78, 5) is 22.2. The number of hydrogen-bond acceptors (Lipinski definition) is 6. The highest BCUT2D eigenvalue weighted by Crippen LogP contribution is 2.44. The number of hydrogen-bond donors (Lipinski definition) is 3. The summed E-state index contributed by atoms with van der Waals surface area (Å²) in [5, 5.41) is 23.8. The lowest BCUT2D eigenvalue weighted by molar-refractivity contribution is -0.0447. The molecule has 0 bridgehead atoms. The third kappa shape index (κ3) is 5.64. The molecule has 1 aromatic heterocycles. The Morgan fingerprint density at radius 1 is 1.24 bits per heavy atom. The van der Waals surface area contributed by atoms with E-state index in [2.05, 4.69) is 46.2 Å². The first-order valence-corrected chi connectivity index (χ1v) is 13.4. The molecule has 3 N–H and O–H groups in total. The Morgan fingerprint density at radius 2 is 2.00 bits per heavy atom. The van der Waals surface area contributed by atoms with Crippen LogP contribution in [-0.4, -0.2) is 58.2 Å². The number of H-pyrrole nitrogens is 1. The van der Waals surface area contributed by atoms with E-state index < -0.39 is 11.5 Å². The zero-order chi connectivity index (χ0) is 26.0. The predicted molar refractivity (Wildman–Crippen MR) is 142 cm³/mol. The van der Waals surface area contributed by atoms with Gasteiger partial charge in [0.05, 0.1) is 18.8 Å². The largest absolute Gasteiger partial charge is 0.385 e. The van der Waals surface area contributed by atoms with E-state index in [1.807, 2.05) is 18.2 Å². The van der Waals surface area contributed by atoms with Crippen LogP contribution in [0, 0.1) is 16.7 Å². The third-order valence-electron chi connectivity index (χ3n) is 8.38. The second-order valence-corrected chi connectivity index (χ2v) is 11.5. The van der Waals surface area contributed by atoms with E-state index in [1.165, 1.54) is 11.8 Å². The van der Waals surface area contributed by atoms with Gasteiger partial charge in [0, 0.05) is 36.6 Å². The standard InChI is InChI=1S/C29H37N5O3/c1-28(2)9-5-20(6-10-28)24-17-21(3-4-25(24)33-27(35)26-31-19-22(18-30)32-26)29(36)11-7-23(8-12-29)34-13-15-37-16-14-34/h3-5,17,19,23,36H,6-16H2,1-2H3,(H,31,32)(H,33,35)/t23-,29-. The minimum Gasteiger partial charge on any atom is -0.385 e. The summed E-state index contributed by atoms with van der Waals surface area (Å²) < 4.78 is 5.51. The molecule has 5 rings (SSSR count). The molecule has 1 saturated carbocycles. The molecule has 2 aromatic rings. The van der Waals surface area contributed by atoms with Crippen molar-refractivity contribution >= 4 is 17.2 Å². The minimum absolute atomic E-state index is 0.102. The van der Waals surface area contributed by atoms with Crippen LogP contribution in [0.3, 0.4) is 0 Å². The van der Waals surface area contributed by atoms with Crippen molar-refractivity contribution in [1.29, 1.82) is 5.26 Å². The van der Waals surface area contributed by atoms with Crippen LogP contribution in [0.2, 0.25) is 0 Å². The van der Waals surface area contributed by atoms with Crippen LogP contribution in [0.15, 0.2) is 30.5 Å². The van der Waals surface area contributed by atoms with E-state index in [9.17, 15) is 9.90 Å². The van der Waals surface area contributed by atoms with Crippen molar-refractivity contribution in [2.75, 3.05) is 31.6 Å². The maximum absolute atomic E-state index is 12.9. The maximum atomic E-state index is 12.9. The van der Waals surface area contributed by atoms with Crippen molar-refractivity contribution in [3.05, 3.63) is 53.1 Å². The van der Waals surface area contributed by atoms with Gasteiger partial charge in [-0.2, -0.15) is 5.26 Å².